The van der Waals surface area contributed by atoms with Crippen LogP contribution >= 0.6 is 22.6 Å². The topological polar surface area (TPSA) is 0 Å². The number of halogens is 1. The molecule has 0 nitrogen and oxygen atoms in total. The van der Waals surface area contributed by atoms with Crippen LogP contribution in [0.1, 0.15) is 0 Å². The molecule has 0 aromatic heterocycles. The van der Waals surface area contributed by atoms with E-state index in [1.165, 1.54) is 19.4 Å². The van der Waals surface area contributed by atoms with Gasteiger partial charge in [0.25, 0.3) is 0 Å². The quantitative estimate of drug-likeness (QED) is 0.392. The number of rotatable bonds is 2. The molecular formula is C5H4IW-. The van der Waals surface area contributed by atoms with Crippen LogP contribution in [-0.4, -0.2) is 4.40 Å². The van der Waals surface area contributed by atoms with Crippen LogP contribution in [0.5, 0.6) is 0 Å². The molecule has 0 aliphatic rings. The maximum absolute atomic E-state index is 5.28. The van der Waals surface area contributed by atoms with Crippen LogP contribution in [0.25, 0.3) is 0 Å². The summed E-state index contributed by atoms with van der Waals surface area (Å²) in [5, 5.41) is 0. The molecule has 0 amide bonds. The second-order valence-corrected chi connectivity index (χ2v) is 3.10. The van der Waals surface area contributed by atoms with Crippen molar-refractivity contribution in [1.82, 2.24) is 0 Å². The van der Waals surface area contributed by atoms with Crippen molar-refractivity contribution >= 4 is 27.0 Å². The molecule has 0 bridgehead atoms. The van der Waals surface area contributed by atoms with Crippen molar-refractivity contribution in [2.75, 3.05) is 0 Å². The van der Waals surface area contributed by atoms with Crippen molar-refractivity contribution in [2.45, 2.75) is 0 Å². The third-order valence-electron chi connectivity index (χ3n) is 0.334. The molecule has 0 heterocycles. The number of hydrogen-bond acceptors (Lipinski definition) is 0. The van der Waals surface area contributed by atoms with E-state index in [4.69, 9.17) is 6.58 Å². The second-order valence-electron chi connectivity index (χ2n) is 0.880. The van der Waals surface area contributed by atoms with Crippen molar-refractivity contribution in [3.05, 3.63) is 22.3 Å². The summed E-state index contributed by atoms with van der Waals surface area (Å²) in [7, 11) is 0. The minimum atomic E-state index is 0.829. The summed E-state index contributed by atoms with van der Waals surface area (Å²) in [6, 6.07) is 0. The average molecular weight is 375 g/mol. The maximum atomic E-state index is 5.28. The first-order chi connectivity index (χ1) is 3.27. The van der Waals surface area contributed by atoms with Crippen LogP contribution < -0.4 is 0 Å². The van der Waals surface area contributed by atoms with E-state index < -0.39 is 0 Å². The molecule has 38 valence electrons. The fraction of sp³-hybridized carbons (Fsp3) is 0. The van der Waals surface area contributed by atoms with Crippen LogP contribution in [0.2, 0.25) is 0 Å². The Kier molecular flexibility index (Phi) is 5.46. The van der Waals surface area contributed by atoms with E-state index in [9.17, 15) is 0 Å². The first kappa shape index (κ1) is 7.77. The van der Waals surface area contributed by atoms with Gasteiger partial charge in [-0.25, -0.2) is 0 Å². The van der Waals surface area contributed by atoms with Crippen molar-refractivity contribution in [3.8, 4) is 0 Å². The van der Waals surface area contributed by atoms with E-state index in [1.807, 2.05) is 16.6 Å². The summed E-state index contributed by atoms with van der Waals surface area (Å²) in [5.74, 6) is 0. The molecule has 2 heteroatoms. The minimum absolute atomic E-state index is 0.829. The van der Waals surface area contributed by atoms with Gasteiger partial charge in [-0.3, -0.25) is 0 Å². The molecule has 0 aliphatic carbocycles. The van der Waals surface area contributed by atoms with E-state index in [0.29, 0.717) is 0 Å². The molecule has 0 aliphatic heterocycles. The average Bonchev–Trinajstić information content (AvgIpc) is 1.61. The molecule has 0 spiro atoms. The molecule has 0 saturated carbocycles. The molecule has 7 heavy (non-hydrogen) atoms. The molecule has 0 atom stereocenters. The predicted molar refractivity (Wildman–Crippen MR) is 37.0 cm³/mol. The first-order valence-corrected chi connectivity index (χ1v) is 4.44. The van der Waals surface area contributed by atoms with Crippen molar-refractivity contribution < 1.29 is 19.4 Å². The van der Waals surface area contributed by atoms with Gasteiger partial charge in [-0.1, -0.05) is 0 Å². The summed E-state index contributed by atoms with van der Waals surface area (Å²) in [6.45, 7) is 5.28. The van der Waals surface area contributed by atoms with Crippen LogP contribution in [0.4, 0.5) is 0 Å². The SMILES string of the molecule is [CH-]=C(I)/C=C\[CH]=[W]. The van der Waals surface area contributed by atoms with Crippen molar-refractivity contribution in [2.24, 2.45) is 0 Å². The Morgan fingerprint density at radius 2 is 2.29 bits per heavy atom. The second kappa shape index (κ2) is 4.92. The Morgan fingerprint density at radius 3 is 2.43 bits per heavy atom. The van der Waals surface area contributed by atoms with Gasteiger partial charge in [-0.05, 0) is 0 Å². The zero-order chi connectivity index (χ0) is 5.70. The van der Waals surface area contributed by atoms with Gasteiger partial charge in [-0.15, -0.1) is 0 Å². The third-order valence-corrected chi connectivity index (χ3v) is 1.26. The Balaban J connectivity index is 3.46. The van der Waals surface area contributed by atoms with Crippen LogP contribution in [-0.2, 0) is 19.4 Å². The Hall–Kier alpha value is 0.768. The summed E-state index contributed by atoms with van der Waals surface area (Å²) in [4.78, 5) is 0. The molecule has 0 aromatic rings. The molecule has 0 unspecified atom stereocenters. The Bertz CT molecular complexity index is 105. The number of hydrogen-bond donors (Lipinski definition) is 0. The van der Waals surface area contributed by atoms with Crippen molar-refractivity contribution in [3.63, 3.8) is 0 Å². The summed E-state index contributed by atoms with van der Waals surface area (Å²) in [5.41, 5.74) is 0. The molecule has 0 rings (SSSR count). The number of allylic oxidation sites excluding steroid dienone is 3. The standard InChI is InChI=1S/C5H4I.W/c1-3-4-5(2)6;/h1-4H;/q-1;/b4-3-;. The predicted octanol–water partition coefficient (Wildman–Crippen LogP) is 1.64. The summed E-state index contributed by atoms with van der Waals surface area (Å²) < 4.78 is 2.85. The monoisotopic (exact) mass is 375 g/mol. The molecule has 0 aromatic carbocycles. The molecule has 0 N–H and O–H groups in total. The molecule has 0 saturated heterocycles. The Labute approximate surface area is 68.2 Å². The van der Waals surface area contributed by atoms with E-state index in [1.54, 1.807) is 0 Å². The van der Waals surface area contributed by atoms with E-state index in [-0.39, 0.29) is 0 Å². The Morgan fingerprint density at radius 1 is 1.71 bits per heavy atom. The van der Waals surface area contributed by atoms with Gasteiger partial charge in [0.1, 0.15) is 0 Å². The summed E-state index contributed by atoms with van der Waals surface area (Å²) >= 11 is 3.51. The normalized spacial score (nSPS) is 9.29. The molecular weight excluding hydrogens is 371 g/mol. The molecule has 0 fully saturated rings. The van der Waals surface area contributed by atoms with Crippen LogP contribution in [0.3, 0.4) is 0 Å². The van der Waals surface area contributed by atoms with Gasteiger partial charge in [0.05, 0.1) is 0 Å². The van der Waals surface area contributed by atoms with Gasteiger partial charge in [0.2, 0.25) is 0 Å². The van der Waals surface area contributed by atoms with E-state index in [0.717, 1.165) is 3.58 Å². The van der Waals surface area contributed by atoms with Gasteiger partial charge in [0, 0.05) is 0 Å². The van der Waals surface area contributed by atoms with Gasteiger partial charge in [0.15, 0.2) is 0 Å². The van der Waals surface area contributed by atoms with Crippen molar-refractivity contribution in [1.29, 1.82) is 0 Å². The van der Waals surface area contributed by atoms with E-state index in [2.05, 4.69) is 22.6 Å². The summed E-state index contributed by atoms with van der Waals surface area (Å²) in [6.07, 6.45) is 3.81. The zero-order valence-electron chi connectivity index (χ0n) is 3.60. The van der Waals surface area contributed by atoms with Gasteiger partial charge in [-0.2, -0.15) is 0 Å². The van der Waals surface area contributed by atoms with Crippen LogP contribution in [0, 0.1) is 6.58 Å². The molecule has 0 radical (unpaired) electrons. The van der Waals surface area contributed by atoms with Gasteiger partial charge >= 0.3 is 68.7 Å². The first-order valence-electron chi connectivity index (χ1n) is 1.67. The fourth-order valence-electron chi connectivity index (χ4n) is 0.131. The zero-order valence-corrected chi connectivity index (χ0v) is 8.69. The third kappa shape index (κ3) is 6.77. The van der Waals surface area contributed by atoms with Crippen LogP contribution in [0.15, 0.2) is 15.7 Å². The van der Waals surface area contributed by atoms with Gasteiger partial charge < -0.3 is 0 Å². The van der Waals surface area contributed by atoms with E-state index >= 15 is 0 Å². The fourth-order valence-corrected chi connectivity index (χ4v) is 0.621.